The molecule has 5 nitrogen and oxygen atoms in total. The Hall–Kier alpha value is -0.660. The fourth-order valence-corrected chi connectivity index (χ4v) is 3.21. The van der Waals surface area contributed by atoms with Crippen LogP contribution in [0.25, 0.3) is 0 Å². The molecule has 0 saturated carbocycles. The lowest BCUT2D eigenvalue weighted by Gasteiger charge is -2.13. The lowest BCUT2D eigenvalue weighted by Crippen LogP contribution is -2.32. The van der Waals surface area contributed by atoms with Gasteiger partial charge in [-0.3, -0.25) is 0 Å². The van der Waals surface area contributed by atoms with Crippen molar-refractivity contribution in [3.05, 3.63) is 28.8 Å². The average Bonchev–Trinajstić information content (AvgIpc) is 2.44. The van der Waals surface area contributed by atoms with Crippen LogP contribution in [-0.4, -0.2) is 34.2 Å². The van der Waals surface area contributed by atoms with Crippen molar-refractivity contribution in [2.75, 3.05) is 19.7 Å². The van der Waals surface area contributed by atoms with Crippen LogP contribution in [0.4, 0.5) is 0 Å². The number of halogens is 1. The van der Waals surface area contributed by atoms with Gasteiger partial charge in [-0.2, -0.15) is 0 Å². The summed E-state index contributed by atoms with van der Waals surface area (Å²) in [5.41, 5.74) is 0.875. The van der Waals surface area contributed by atoms with Gasteiger partial charge in [0.2, 0.25) is 10.0 Å². The summed E-state index contributed by atoms with van der Waals surface area (Å²) in [5, 5.41) is 3.59. The summed E-state index contributed by atoms with van der Waals surface area (Å²) >= 11 is 6.13. The Morgan fingerprint density at radius 1 is 1.33 bits per heavy atom. The van der Waals surface area contributed by atoms with Gasteiger partial charge in [-0.25, -0.2) is 13.1 Å². The van der Waals surface area contributed by atoms with Crippen LogP contribution in [0, 0.1) is 0 Å². The van der Waals surface area contributed by atoms with Gasteiger partial charge in [0, 0.05) is 24.7 Å². The Balaban J connectivity index is 2.77. The summed E-state index contributed by atoms with van der Waals surface area (Å²) in [6.07, 6.45) is -0.173. The molecule has 0 bridgehead atoms. The highest BCUT2D eigenvalue weighted by Gasteiger charge is 2.16. The van der Waals surface area contributed by atoms with E-state index in [9.17, 15) is 8.42 Å². The number of benzene rings is 1. The molecule has 1 aromatic rings. The molecule has 0 fully saturated rings. The van der Waals surface area contributed by atoms with E-state index in [0.29, 0.717) is 18.2 Å². The maximum absolute atomic E-state index is 12.2. The molecule has 0 spiro atoms. The predicted octanol–water partition coefficient (Wildman–Crippen LogP) is 2.15. The van der Waals surface area contributed by atoms with Crippen molar-refractivity contribution in [1.82, 2.24) is 10.0 Å². The van der Waals surface area contributed by atoms with Gasteiger partial charge in [0.25, 0.3) is 0 Å². The van der Waals surface area contributed by atoms with Gasteiger partial charge in [-0.15, -0.1) is 0 Å². The molecule has 0 heterocycles. The van der Waals surface area contributed by atoms with Crippen molar-refractivity contribution in [3.63, 3.8) is 0 Å². The Morgan fingerprint density at radius 2 is 2.05 bits per heavy atom. The van der Waals surface area contributed by atoms with E-state index in [1.54, 1.807) is 12.1 Å². The molecule has 0 amide bonds. The van der Waals surface area contributed by atoms with E-state index in [-0.39, 0.29) is 17.5 Å². The number of ether oxygens (including phenoxy) is 1. The van der Waals surface area contributed by atoms with Crippen LogP contribution < -0.4 is 10.0 Å². The number of nitrogens with one attached hydrogen (secondary N) is 2. The third kappa shape index (κ3) is 5.92. The summed E-state index contributed by atoms with van der Waals surface area (Å²) in [4.78, 5) is 0.163. The minimum atomic E-state index is -3.57. The molecular formula is C14H23ClN2O3S. The quantitative estimate of drug-likeness (QED) is 0.726. The largest absolute Gasteiger partial charge is 0.377 e. The maximum Gasteiger partial charge on any atom is 0.240 e. The van der Waals surface area contributed by atoms with Crippen molar-refractivity contribution >= 4 is 21.6 Å². The van der Waals surface area contributed by atoms with Crippen molar-refractivity contribution < 1.29 is 13.2 Å². The monoisotopic (exact) mass is 334 g/mol. The van der Waals surface area contributed by atoms with E-state index >= 15 is 0 Å². The highest BCUT2D eigenvalue weighted by atomic mass is 35.5. The van der Waals surface area contributed by atoms with Gasteiger partial charge in [-0.1, -0.05) is 24.6 Å². The van der Waals surface area contributed by atoms with Crippen LogP contribution in [0.15, 0.2) is 23.1 Å². The Morgan fingerprint density at radius 3 is 2.62 bits per heavy atom. The predicted molar refractivity (Wildman–Crippen MR) is 85.1 cm³/mol. The molecule has 0 aliphatic carbocycles. The second kappa shape index (κ2) is 8.70. The lowest BCUT2D eigenvalue weighted by atomic mass is 10.2. The van der Waals surface area contributed by atoms with Crippen LogP contribution >= 0.6 is 11.6 Å². The summed E-state index contributed by atoms with van der Waals surface area (Å²) in [5.74, 6) is 0. The van der Waals surface area contributed by atoms with Gasteiger partial charge in [0.05, 0.1) is 11.0 Å². The molecular weight excluding hydrogens is 312 g/mol. The fraction of sp³-hybridized carbons (Fsp3) is 0.571. The molecule has 1 atom stereocenters. The van der Waals surface area contributed by atoms with Crippen molar-refractivity contribution in [1.29, 1.82) is 0 Å². The molecule has 1 rings (SSSR count). The summed E-state index contributed by atoms with van der Waals surface area (Å²) < 4.78 is 32.2. The number of rotatable bonds is 9. The van der Waals surface area contributed by atoms with E-state index < -0.39 is 10.0 Å². The molecule has 0 aromatic heterocycles. The van der Waals surface area contributed by atoms with E-state index in [0.717, 1.165) is 12.1 Å². The highest BCUT2D eigenvalue weighted by Crippen LogP contribution is 2.20. The normalized spacial score (nSPS) is 13.3. The van der Waals surface area contributed by atoms with Crippen LogP contribution in [-0.2, 0) is 21.3 Å². The van der Waals surface area contributed by atoms with Gasteiger partial charge >= 0.3 is 0 Å². The fourth-order valence-electron chi connectivity index (χ4n) is 1.75. The molecule has 0 aliphatic rings. The maximum atomic E-state index is 12.2. The van der Waals surface area contributed by atoms with E-state index in [4.69, 9.17) is 16.3 Å². The molecule has 7 heteroatoms. The topological polar surface area (TPSA) is 67.4 Å². The van der Waals surface area contributed by atoms with Crippen molar-refractivity contribution in [3.8, 4) is 0 Å². The number of hydrogen-bond donors (Lipinski definition) is 2. The van der Waals surface area contributed by atoms with Crippen LogP contribution in [0.5, 0.6) is 0 Å². The van der Waals surface area contributed by atoms with Crippen LogP contribution in [0.3, 0.4) is 0 Å². The van der Waals surface area contributed by atoms with E-state index in [2.05, 4.69) is 10.0 Å². The molecule has 21 heavy (non-hydrogen) atoms. The molecule has 0 aliphatic heterocycles. The zero-order valence-electron chi connectivity index (χ0n) is 12.6. The van der Waals surface area contributed by atoms with E-state index in [1.807, 2.05) is 20.8 Å². The van der Waals surface area contributed by atoms with Gasteiger partial charge in [0.1, 0.15) is 0 Å². The smallest absolute Gasteiger partial charge is 0.240 e. The summed E-state index contributed by atoms with van der Waals surface area (Å²) in [6, 6.07) is 4.76. The summed E-state index contributed by atoms with van der Waals surface area (Å²) in [6.45, 7) is 7.90. The first-order chi connectivity index (χ1) is 9.90. The Bertz CT molecular complexity index is 549. The van der Waals surface area contributed by atoms with Crippen LogP contribution in [0.2, 0.25) is 5.02 Å². The third-order valence-electron chi connectivity index (χ3n) is 2.91. The zero-order valence-corrected chi connectivity index (χ0v) is 14.2. The molecule has 1 unspecified atom stereocenters. The highest BCUT2D eigenvalue weighted by molar-refractivity contribution is 7.89. The summed E-state index contributed by atoms with van der Waals surface area (Å²) in [7, 11) is -3.57. The molecule has 120 valence electrons. The Kier molecular flexibility index (Phi) is 7.62. The van der Waals surface area contributed by atoms with Gasteiger partial charge in [-0.05, 0) is 38.1 Å². The minimum Gasteiger partial charge on any atom is -0.377 e. The van der Waals surface area contributed by atoms with E-state index in [1.165, 1.54) is 6.07 Å². The molecule has 1 aromatic carbocycles. The Labute approximate surface area is 132 Å². The number of hydrogen-bond acceptors (Lipinski definition) is 4. The second-order valence-electron chi connectivity index (χ2n) is 4.65. The second-order valence-corrected chi connectivity index (χ2v) is 6.83. The first kappa shape index (κ1) is 18.4. The van der Waals surface area contributed by atoms with Gasteiger partial charge < -0.3 is 10.1 Å². The first-order valence-electron chi connectivity index (χ1n) is 7.01. The molecule has 0 radical (unpaired) electrons. The SMILES string of the molecule is CCNCc1ccc(S(=O)(=O)NCC(C)OCC)cc1Cl. The minimum absolute atomic E-state index is 0.163. The van der Waals surface area contributed by atoms with Crippen molar-refractivity contribution in [2.45, 2.75) is 38.3 Å². The zero-order chi connectivity index (χ0) is 15.9. The molecule has 0 saturated heterocycles. The standard InChI is InChI=1S/C14H23ClN2O3S/c1-4-16-10-12-6-7-13(8-14(12)15)21(18,19)17-9-11(3)20-5-2/h6-8,11,16-17H,4-5,9-10H2,1-3H3. The third-order valence-corrected chi connectivity index (χ3v) is 4.69. The van der Waals surface area contributed by atoms with Gasteiger partial charge in [0.15, 0.2) is 0 Å². The molecule has 2 N–H and O–H groups in total. The first-order valence-corrected chi connectivity index (χ1v) is 8.87. The van der Waals surface area contributed by atoms with Crippen molar-refractivity contribution in [2.24, 2.45) is 0 Å². The number of sulfonamides is 1. The van der Waals surface area contributed by atoms with Crippen LogP contribution in [0.1, 0.15) is 26.3 Å². The lowest BCUT2D eigenvalue weighted by molar-refractivity contribution is 0.0799. The average molecular weight is 335 g/mol.